The second-order valence-corrected chi connectivity index (χ2v) is 16.4. The molecule has 2 heterocycles. The quantitative estimate of drug-likeness (QED) is 0.137. The lowest BCUT2D eigenvalue weighted by Crippen LogP contribution is -2.15. The summed E-state index contributed by atoms with van der Waals surface area (Å²) in [5.41, 5.74) is 17.4. The van der Waals surface area contributed by atoms with Gasteiger partial charge in [-0.3, -0.25) is 0 Å². The number of hydrogen-bond acceptors (Lipinski definition) is 4. The third kappa shape index (κ3) is 7.26. The Hall–Kier alpha value is -7.82. The molecule has 0 saturated heterocycles. The van der Waals surface area contributed by atoms with E-state index in [-0.39, 0.29) is 5.41 Å². The minimum Gasteiger partial charge on any atom is -0.248 e. The SMILES string of the molecule is C=C(/C=C\C=C(/C)c1cc(-c2ccccc2)nc2cc3c(cc12)-c1ccc(-c2ccccc2)cc1C3(C)C)c1nc(-c2ccccc2)nc(-c2cccc(-c3ccccc3)c2)n1. The molecule has 0 atom stereocenters. The van der Waals surface area contributed by atoms with E-state index >= 15 is 0 Å². The van der Waals surface area contributed by atoms with E-state index in [1.807, 2.05) is 66.7 Å². The Labute approximate surface area is 363 Å². The van der Waals surface area contributed by atoms with E-state index in [9.17, 15) is 0 Å². The lowest BCUT2D eigenvalue weighted by atomic mass is 9.81. The molecule has 0 amide bonds. The van der Waals surface area contributed by atoms with Crippen LogP contribution >= 0.6 is 0 Å². The summed E-state index contributed by atoms with van der Waals surface area (Å²) in [6.45, 7) is 11.3. The number of nitrogens with zero attached hydrogens (tertiary/aromatic N) is 4. The molecule has 0 fully saturated rings. The summed E-state index contributed by atoms with van der Waals surface area (Å²) in [7, 11) is 0. The van der Waals surface area contributed by atoms with Crippen LogP contribution in [0.25, 0.3) is 89.5 Å². The topological polar surface area (TPSA) is 51.6 Å². The highest BCUT2D eigenvalue weighted by molar-refractivity contribution is 5.99. The average molecular weight is 797 g/mol. The molecule has 10 rings (SSSR count). The molecule has 9 aromatic rings. The van der Waals surface area contributed by atoms with Gasteiger partial charge in [-0.1, -0.05) is 190 Å². The van der Waals surface area contributed by atoms with Crippen LogP contribution in [0, 0.1) is 0 Å². The van der Waals surface area contributed by atoms with Crippen LogP contribution in [-0.2, 0) is 5.41 Å². The number of fused-ring (bicyclic) bond motifs is 4. The Kier molecular flexibility index (Phi) is 9.90. The highest BCUT2D eigenvalue weighted by Crippen LogP contribution is 2.51. The smallest absolute Gasteiger partial charge is 0.164 e. The zero-order chi connectivity index (χ0) is 42.2. The molecule has 0 saturated carbocycles. The van der Waals surface area contributed by atoms with Crippen LogP contribution in [0.1, 0.15) is 43.3 Å². The molecular formula is C58H44N4. The Morgan fingerprint density at radius 2 is 1.03 bits per heavy atom. The van der Waals surface area contributed by atoms with Crippen LogP contribution in [0.4, 0.5) is 0 Å². The first-order valence-corrected chi connectivity index (χ1v) is 21.1. The van der Waals surface area contributed by atoms with Crippen molar-refractivity contribution in [2.24, 2.45) is 0 Å². The normalized spacial score (nSPS) is 13.0. The Bertz CT molecular complexity index is 3200. The first kappa shape index (κ1) is 38.4. The number of rotatable bonds is 9. The van der Waals surface area contributed by atoms with Gasteiger partial charge in [-0.2, -0.15) is 0 Å². The van der Waals surface area contributed by atoms with Crippen molar-refractivity contribution in [3.63, 3.8) is 0 Å². The van der Waals surface area contributed by atoms with Crippen LogP contribution in [0.2, 0.25) is 0 Å². The van der Waals surface area contributed by atoms with E-state index in [2.05, 4.69) is 161 Å². The second-order valence-electron chi connectivity index (χ2n) is 16.4. The number of benzene rings is 7. The van der Waals surface area contributed by atoms with Crippen LogP contribution < -0.4 is 0 Å². The number of hydrogen-bond donors (Lipinski definition) is 0. The largest absolute Gasteiger partial charge is 0.248 e. The predicted molar refractivity (Wildman–Crippen MR) is 258 cm³/mol. The highest BCUT2D eigenvalue weighted by Gasteiger charge is 2.36. The summed E-state index contributed by atoms with van der Waals surface area (Å²) in [5, 5.41) is 1.12. The van der Waals surface area contributed by atoms with Gasteiger partial charge in [-0.05, 0) is 92.9 Å². The minimum absolute atomic E-state index is 0.192. The molecule has 4 heteroatoms. The van der Waals surface area contributed by atoms with E-state index in [4.69, 9.17) is 19.9 Å². The molecule has 7 aromatic carbocycles. The van der Waals surface area contributed by atoms with Crippen LogP contribution in [-0.4, -0.2) is 19.9 Å². The Morgan fingerprint density at radius 3 is 1.69 bits per heavy atom. The summed E-state index contributed by atoms with van der Waals surface area (Å²) in [4.78, 5) is 20.2. The van der Waals surface area contributed by atoms with Crippen molar-refractivity contribution in [3.05, 3.63) is 229 Å². The zero-order valence-electron chi connectivity index (χ0n) is 35.0. The maximum Gasteiger partial charge on any atom is 0.164 e. The lowest BCUT2D eigenvalue weighted by Gasteiger charge is -2.22. The maximum absolute atomic E-state index is 5.31. The van der Waals surface area contributed by atoms with Gasteiger partial charge < -0.3 is 0 Å². The monoisotopic (exact) mass is 796 g/mol. The summed E-state index contributed by atoms with van der Waals surface area (Å²) in [6.07, 6.45) is 6.18. The Morgan fingerprint density at radius 1 is 0.484 bits per heavy atom. The van der Waals surface area contributed by atoms with Gasteiger partial charge in [0.1, 0.15) is 0 Å². The van der Waals surface area contributed by atoms with Crippen molar-refractivity contribution in [1.29, 1.82) is 0 Å². The maximum atomic E-state index is 5.31. The van der Waals surface area contributed by atoms with Gasteiger partial charge >= 0.3 is 0 Å². The lowest BCUT2D eigenvalue weighted by molar-refractivity contribution is 0.661. The standard InChI is InChI=1S/C58H44N4/c1-38(19-17-20-39(2)55-60-56(43-27-15-8-16-28-43)62-57(61-55)46-30-18-29-44(33-46)40-21-9-5-10-22-40)48-36-53(42-25-13-7-14-26-42)59-54-37-52-49(35-50(48)54)47-32-31-45(34-51(47)58(52,3)4)41-23-11-6-12-24-41/h5-37H,2H2,1,3-4H3/b20-17-,38-19+. The van der Waals surface area contributed by atoms with Crippen molar-refractivity contribution < 1.29 is 0 Å². The van der Waals surface area contributed by atoms with Gasteiger partial charge in [-0.25, -0.2) is 19.9 Å². The molecule has 0 bridgehead atoms. The van der Waals surface area contributed by atoms with Gasteiger partial charge in [0.05, 0.1) is 11.2 Å². The summed E-state index contributed by atoms with van der Waals surface area (Å²) in [5.74, 6) is 1.72. The van der Waals surface area contributed by atoms with E-state index < -0.39 is 0 Å². The van der Waals surface area contributed by atoms with Crippen molar-refractivity contribution in [1.82, 2.24) is 19.9 Å². The molecule has 296 valence electrons. The molecule has 1 aliphatic carbocycles. The van der Waals surface area contributed by atoms with Gasteiger partial charge in [0.2, 0.25) is 0 Å². The van der Waals surface area contributed by atoms with Crippen molar-refractivity contribution in [2.45, 2.75) is 26.2 Å². The van der Waals surface area contributed by atoms with Gasteiger partial charge in [0.25, 0.3) is 0 Å². The highest BCUT2D eigenvalue weighted by atomic mass is 15.0. The van der Waals surface area contributed by atoms with Gasteiger partial charge in [0.15, 0.2) is 17.5 Å². The van der Waals surface area contributed by atoms with E-state index in [1.54, 1.807) is 0 Å². The van der Waals surface area contributed by atoms with Gasteiger partial charge in [-0.15, -0.1) is 0 Å². The number of pyridine rings is 1. The van der Waals surface area contributed by atoms with Crippen LogP contribution in [0.3, 0.4) is 0 Å². The summed E-state index contributed by atoms with van der Waals surface area (Å²) >= 11 is 0. The third-order valence-corrected chi connectivity index (χ3v) is 12.0. The molecule has 1 aliphatic rings. The second kappa shape index (κ2) is 16.0. The molecule has 0 spiro atoms. The fourth-order valence-electron chi connectivity index (χ4n) is 8.65. The van der Waals surface area contributed by atoms with E-state index in [1.165, 1.54) is 33.4 Å². The molecule has 2 aromatic heterocycles. The molecule has 62 heavy (non-hydrogen) atoms. The predicted octanol–water partition coefficient (Wildman–Crippen LogP) is 14.7. The average Bonchev–Trinajstić information content (AvgIpc) is 3.55. The fraction of sp³-hybridized carbons (Fsp3) is 0.0690. The van der Waals surface area contributed by atoms with Crippen molar-refractivity contribution in [3.8, 4) is 67.4 Å². The fourth-order valence-corrected chi connectivity index (χ4v) is 8.65. The van der Waals surface area contributed by atoms with Crippen LogP contribution in [0.5, 0.6) is 0 Å². The molecule has 0 aliphatic heterocycles. The number of allylic oxidation sites excluding steroid dienone is 5. The molecule has 0 N–H and O–H groups in total. The molecule has 4 nitrogen and oxygen atoms in total. The van der Waals surface area contributed by atoms with Crippen LogP contribution in [0.15, 0.2) is 207 Å². The summed E-state index contributed by atoms with van der Waals surface area (Å²) < 4.78 is 0. The molecule has 0 unspecified atom stereocenters. The number of aromatic nitrogens is 4. The zero-order valence-corrected chi connectivity index (χ0v) is 35.0. The van der Waals surface area contributed by atoms with E-state index in [0.29, 0.717) is 23.0 Å². The van der Waals surface area contributed by atoms with Crippen molar-refractivity contribution in [2.75, 3.05) is 0 Å². The van der Waals surface area contributed by atoms with E-state index in [0.717, 1.165) is 55.6 Å². The molecular weight excluding hydrogens is 753 g/mol. The minimum atomic E-state index is -0.192. The first-order chi connectivity index (χ1) is 30.3. The Balaban J connectivity index is 1.03. The first-order valence-electron chi connectivity index (χ1n) is 21.1. The van der Waals surface area contributed by atoms with Gasteiger partial charge in [0, 0.05) is 33.1 Å². The van der Waals surface area contributed by atoms with Crippen molar-refractivity contribution >= 4 is 22.0 Å². The molecule has 0 radical (unpaired) electrons. The third-order valence-electron chi connectivity index (χ3n) is 12.0. The summed E-state index contributed by atoms with van der Waals surface area (Å²) in [6, 6.07) is 63.7.